The van der Waals surface area contributed by atoms with Crippen LogP contribution in [-0.2, 0) is 5.41 Å². The minimum atomic E-state index is -1.93. The van der Waals surface area contributed by atoms with E-state index < -0.39 is 8.07 Å². The molecule has 2 aliphatic heterocycles. The van der Waals surface area contributed by atoms with Crippen molar-refractivity contribution in [2.45, 2.75) is 39.3 Å². The second-order valence-electron chi connectivity index (χ2n) is 17.7. The molecule has 7 aromatic carbocycles. The minimum Gasteiger partial charge on any atom is -0.457 e. The number of para-hydroxylation sites is 3. The molecule has 6 heteroatoms. The van der Waals surface area contributed by atoms with Gasteiger partial charge >= 0.3 is 0 Å². The van der Waals surface area contributed by atoms with E-state index in [2.05, 4.69) is 218 Å². The van der Waals surface area contributed by atoms with Crippen LogP contribution in [0, 0.1) is 0 Å². The fourth-order valence-electron chi connectivity index (χ4n) is 9.65. The van der Waals surface area contributed by atoms with Gasteiger partial charge in [0, 0.05) is 45.9 Å². The zero-order valence-electron chi connectivity index (χ0n) is 34.6. The molecule has 5 nitrogen and oxygen atoms in total. The quantitative estimate of drug-likeness (QED) is 0.157. The summed E-state index contributed by atoms with van der Waals surface area (Å²) in [7, 11) is -1.93. The molecule has 292 valence electrons. The molecule has 0 fully saturated rings. The van der Waals surface area contributed by atoms with Gasteiger partial charge < -0.3 is 14.5 Å². The largest absolute Gasteiger partial charge is 0.457 e. The third-order valence-electron chi connectivity index (χ3n) is 12.7. The number of hydrogen-bond acceptors (Lipinski definition) is 4. The molecule has 0 amide bonds. The number of aromatic nitrogens is 2. The zero-order valence-corrected chi connectivity index (χ0v) is 35.6. The molecule has 0 bridgehead atoms. The molecule has 60 heavy (non-hydrogen) atoms. The predicted octanol–water partition coefficient (Wildman–Crippen LogP) is 13.0. The maximum Gasteiger partial charge on any atom is 0.137 e. The summed E-state index contributed by atoms with van der Waals surface area (Å²) in [5, 5.41) is 5.36. The maximum absolute atomic E-state index is 6.78. The fraction of sp³-hybridized carbons (Fsp3) is 0.130. The minimum absolute atomic E-state index is 0.00216. The van der Waals surface area contributed by atoms with Crippen molar-refractivity contribution in [3.05, 3.63) is 182 Å². The van der Waals surface area contributed by atoms with Crippen LogP contribution >= 0.6 is 0 Å². The molecular weight excluding hydrogens is 749 g/mol. The van der Waals surface area contributed by atoms with Crippen LogP contribution in [0.4, 0.5) is 22.7 Å². The molecule has 0 N–H and O–H groups in total. The average molecular weight is 795 g/mol. The highest BCUT2D eigenvalue weighted by Gasteiger charge is 2.41. The number of nitrogens with zero attached hydrogens (tertiary/aromatic N) is 4. The van der Waals surface area contributed by atoms with Crippen molar-refractivity contribution in [3.63, 3.8) is 0 Å². The van der Waals surface area contributed by atoms with Gasteiger partial charge in [0.05, 0.1) is 28.1 Å². The van der Waals surface area contributed by atoms with E-state index in [1.807, 2.05) is 6.20 Å². The van der Waals surface area contributed by atoms with Gasteiger partial charge in [-0.15, -0.1) is 0 Å². The Kier molecular flexibility index (Phi) is 8.20. The van der Waals surface area contributed by atoms with Crippen molar-refractivity contribution >= 4 is 63.0 Å². The average Bonchev–Trinajstić information content (AvgIpc) is 3.89. The third-order valence-corrected chi connectivity index (χ3v) is 16.2. The Labute approximate surface area is 352 Å². The Morgan fingerprint density at radius 3 is 2.12 bits per heavy atom. The predicted molar refractivity (Wildman–Crippen MR) is 253 cm³/mol. The first kappa shape index (κ1) is 36.2. The fourth-order valence-corrected chi connectivity index (χ4v) is 12.7. The molecule has 0 saturated heterocycles. The summed E-state index contributed by atoms with van der Waals surface area (Å²) in [6.45, 7) is 12.4. The SMILES string of the molecule is CC(C)(C)c1ccnc(-n2c3ccccc3c3ccc(Oc4cccc(N5CN(c6c(-c7ccccc7)ccc7c6-c6ccccc6[Si]7(C)C)c6ccccc65)c4)cc32)c1. The normalized spacial score (nSPS) is 14.1. The summed E-state index contributed by atoms with van der Waals surface area (Å²) in [4.78, 5) is 9.86. The lowest BCUT2D eigenvalue weighted by Crippen LogP contribution is -2.49. The lowest BCUT2D eigenvalue weighted by atomic mass is 9.88. The van der Waals surface area contributed by atoms with Crippen molar-refractivity contribution in [2.24, 2.45) is 0 Å². The first-order chi connectivity index (χ1) is 29.1. The van der Waals surface area contributed by atoms with Crippen LogP contribution in [0.2, 0.25) is 13.1 Å². The van der Waals surface area contributed by atoms with Crippen LogP contribution < -0.4 is 24.9 Å². The van der Waals surface area contributed by atoms with Crippen LogP contribution in [0.15, 0.2) is 176 Å². The van der Waals surface area contributed by atoms with Crippen molar-refractivity contribution in [1.29, 1.82) is 0 Å². The van der Waals surface area contributed by atoms with E-state index in [0.29, 0.717) is 6.67 Å². The van der Waals surface area contributed by atoms with Crippen molar-refractivity contribution in [3.8, 4) is 39.6 Å². The summed E-state index contributed by atoms with van der Waals surface area (Å²) in [6.07, 6.45) is 1.93. The van der Waals surface area contributed by atoms with Gasteiger partial charge in [0.2, 0.25) is 0 Å². The van der Waals surface area contributed by atoms with E-state index in [4.69, 9.17) is 9.72 Å². The molecule has 0 saturated carbocycles. The van der Waals surface area contributed by atoms with Gasteiger partial charge in [0.1, 0.15) is 32.1 Å². The number of pyridine rings is 1. The summed E-state index contributed by atoms with van der Waals surface area (Å²) in [6, 6.07) is 61.5. The Balaban J connectivity index is 0.994. The second-order valence-corrected chi connectivity index (χ2v) is 22.0. The number of hydrogen-bond donors (Lipinski definition) is 0. The van der Waals surface area contributed by atoms with Gasteiger partial charge in [0.25, 0.3) is 0 Å². The number of benzene rings is 7. The first-order valence-corrected chi connectivity index (χ1v) is 23.9. The molecule has 0 aliphatic carbocycles. The highest BCUT2D eigenvalue weighted by molar-refractivity contribution is 7.04. The second kappa shape index (κ2) is 13.6. The van der Waals surface area contributed by atoms with Gasteiger partial charge in [-0.3, -0.25) is 4.57 Å². The van der Waals surface area contributed by atoms with Gasteiger partial charge in [-0.1, -0.05) is 137 Å². The Bertz CT molecular complexity index is 3140. The number of ether oxygens (including phenoxy) is 1. The molecule has 0 unspecified atom stereocenters. The summed E-state index contributed by atoms with van der Waals surface area (Å²) < 4.78 is 9.05. The standard InChI is InChI=1S/C54H46N4OSi/c1-54(2,3)37-30-31-55-51(32-37)58-45-22-11-9-20-42(45)43-27-26-40(34-48(43)58)59-39-19-15-18-38(33-39)56-35-57(47-24-13-12-23-46(47)56)53-41(36-16-7-6-8-17-36)28-29-50-52(53)44-21-10-14-25-49(44)60(50,4)5/h6-34H,35H2,1-5H3. The molecule has 2 aromatic heterocycles. The number of anilines is 4. The van der Waals surface area contributed by atoms with E-state index in [0.717, 1.165) is 34.0 Å². The van der Waals surface area contributed by atoms with Crippen molar-refractivity contribution in [2.75, 3.05) is 16.5 Å². The van der Waals surface area contributed by atoms with E-state index in [1.54, 1.807) is 0 Å². The van der Waals surface area contributed by atoms with Gasteiger partial charge in [-0.25, -0.2) is 4.98 Å². The highest BCUT2D eigenvalue weighted by Crippen LogP contribution is 2.51. The van der Waals surface area contributed by atoms with Gasteiger partial charge in [0.15, 0.2) is 0 Å². The monoisotopic (exact) mass is 794 g/mol. The van der Waals surface area contributed by atoms with E-state index in [-0.39, 0.29) is 5.41 Å². The molecule has 0 spiro atoms. The first-order valence-electron chi connectivity index (χ1n) is 20.9. The van der Waals surface area contributed by atoms with Gasteiger partial charge in [-0.05, 0) is 87.1 Å². The highest BCUT2D eigenvalue weighted by atomic mass is 28.3. The Morgan fingerprint density at radius 2 is 1.28 bits per heavy atom. The van der Waals surface area contributed by atoms with E-state index in [1.165, 1.54) is 66.0 Å². The zero-order chi connectivity index (χ0) is 40.8. The molecule has 9 aromatic rings. The van der Waals surface area contributed by atoms with Crippen LogP contribution in [0.5, 0.6) is 11.5 Å². The lowest BCUT2D eigenvalue weighted by molar-refractivity contribution is 0.483. The van der Waals surface area contributed by atoms with E-state index >= 15 is 0 Å². The topological polar surface area (TPSA) is 33.5 Å². The molecule has 0 radical (unpaired) electrons. The molecule has 2 aliphatic rings. The van der Waals surface area contributed by atoms with Crippen molar-refractivity contribution in [1.82, 2.24) is 9.55 Å². The summed E-state index contributed by atoms with van der Waals surface area (Å²) in [5.74, 6) is 2.46. The van der Waals surface area contributed by atoms with Crippen molar-refractivity contribution < 1.29 is 4.74 Å². The summed E-state index contributed by atoms with van der Waals surface area (Å²) in [5.41, 5.74) is 13.4. The lowest BCUT2D eigenvalue weighted by Gasteiger charge is -2.28. The smallest absolute Gasteiger partial charge is 0.137 e. The molecule has 11 rings (SSSR count). The third kappa shape index (κ3) is 5.69. The summed E-state index contributed by atoms with van der Waals surface area (Å²) >= 11 is 0. The van der Waals surface area contributed by atoms with Crippen LogP contribution in [0.1, 0.15) is 26.3 Å². The van der Waals surface area contributed by atoms with Crippen LogP contribution in [0.25, 0.3) is 49.9 Å². The Morgan fingerprint density at radius 1 is 0.567 bits per heavy atom. The van der Waals surface area contributed by atoms with Crippen LogP contribution in [-0.4, -0.2) is 24.3 Å². The molecular formula is C54H46N4OSi. The molecule has 0 atom stereocenters. The maximum atomic E-state index is 6.78. The van der Waals surface area contributed by atoms with Gasteiger partial charge in [-0.2, -0.15) is 0 Å². The Hall–Kier alpha value is -6.89. The number of rotatable bonds is 6. The number of fused-ring (bicyclic) bond motifs is 7. The van der Waals surface area contributed by atoms with Crippen LogP contribution in [0.3, 0.4) is 0 Å². The molecule has 4 heterocycles. The van der Waals surface area contributed by atoms with E-state index in [9.17, 15) is 0 Å².